The van der Waals surface area contributed by atoms with Gasteiger partial charge in [-0.1, -0.05) is 24.6 Å². The van der Waals surface area contributed by atoms with E-state index in [1.807, 2.05) is 37.3 Å². The van der Waals surface area contributed by atoms with Crippen LogP contribution in [0.15, 0.2) is 59.5 Å². The Hall–Kier alpha value is -3.50. The summed E-state index contributed by atoms with van der Waals surface area (Å²) in [7, 11) is -3.89. The normalized spacial score (nSPS) is 17.1. The third kappa shape index (κ3) is 4.91. The molecular weight excluding hydrogens is 494 g/mol. The molecule has 2 N–H and O–H groups in total. The predicted octanol–water partition coefficient (Wildman–Crippen LogP) is 3.03. The first-order valence-corrected chi connectivity index (χ1v) is 13.9. The number of nitrogens with one attached hydrogen (secondary N) is 1. The number of carbonyl (C=O) groups is 2. The van der Waals surface area contributed by atoms with Crippen LogP contribution >= 0.6 is 0 Å². The number of benzene rings is 2. The highest BCUT2D eigenvalue weighted by Crippen LogP contribution is 2.38. The number of sulfone groups is 1. The van der Waals surface area contributed by atoms with Crippen molar-refractivity contribution in [1.29, 1.82) is 0 Å². The average molecular weight is 524 g/mol. The summed E-state index contributed by atoms with van der Waals surface area (Å²) in [5.41, 5.74) is 2.94. The molecule has 5 rings (SSSR count). The molecule has 1 saturated carbocycles. The SMILES string of the molecule is Cc1cc(COc2ccc(S(=O)(=O)CC3(C(=O)NO)CN(C(=O)C4CCC4)C3)cc2)c2ccccc2n1. The molecule has 0 spiro atoms. The molecule has 0 radical (unpaired) electrons. The monoisotopic (exact) mass is 523 g/mol. The van der Waals surface area contributed by atoms with Gasteiger partial charge in [-0.25, -0.2) is 13.9 Å². The number of aryl methyl sites for hydroxylation is 1. The van der Waals surface area contributed by atoms with Crippen molar-refractivity contribution >= 4 is 32.6 Å². The van der Waals surface area contributed by atoms with E-state index in [0.717, 1.165) is 41.4 Å². The molecule has 37 heavy (non-hydrogen) atoms. The van der Waals surface area contributed by atoms with Gasteiger partial charge < -0.3 is 9.64 Å². The van der Waals surface area contributed by atoms with E-state index in [9.17, 15) is 23.2 Å². The fourth-order valence-corrected chi connectivity index (χ4v) is 6.80. The summed E-state index contributed by atoms with van der Waals surface area (Å²) in [6.07, 6.45) is 2.63. The first-order chi connectivity index (χ1) is 17.7. The molecule has 3 aromatic rings. The van der Waals surface area contributed by atoms with E-state index in [1.165, 1.54) is 17.0 Å². The van der Waals surface area contributed by atoms with Crippen molar-refractivity contribution in [3.63, 3.8) is 0 Å². The molecule has 2 aromatic carbocycles. The standard InChI is InChI=1S/C27H29N3O6S/c1-18-13-20(23-7-2-3-8-24(23)28-18)14-36-21-9-11-22(12-10-21)37(34,35)17-27(26(32)29-33)15-30(16-27)25(31)19-5-4-6-19/h2-3,7-13,19,33H,4-6,14-17H2,1H3,(H,29,32). The molecule has 0 bridgehead atoms. The second-order valence-corrected chi connectivity index (χ2v) is 12.0. The second-order valence-electron chi connectivity index (χ2n) is 10.0. The Bertz CT molecular complexity index is 1440. The van der Waals surface area contributed by atoms with E-state index in [-0.39, 0.29) is 29.8 Å². The van der Waals surface area contributed by atoms with Crippen LogP contribution in [0, 0.1) is 18.3 Å². The second kappa shape index (κ2) is 9.75. The number of para-hydroxylation sites is 1. The van der Waals surface area contributed by atoms with Crippen molar-refractivity contribution < 1.29 is 28.0 Å². The van der Waals surface area contributed by atoms with Crippen LogP contribution in [-0.2, 0) is 26.0 Å². The molecule has 2 aliphatic rings. The smallest absolute Gasteiger partial charge is 0.254 e. The Morgan fingerprint density at radius 3 is 2.49 bits per heavy atom. The summed E-state index contributed by atoms with van der Waals surface area (Å²) in [6.45, 7) is 2.15. The third-order valence-electron chi connectivity index (χ3n) is 7.31. The highest BCUT2D eigenvalue weighted by Gasteiger charge is 2.54. The minimum Gasteiger partial charge on any atom is -0.489 e. The van der Waals surface area contributed by atoms with Crippen molar-refractivity contribution in [2.75, 3.05) is 18.8 Å². The average Bonchev–Trinajstić information content (AvgIpc) is 2.83. The molecule has 2 fully saturated rings. The number of aromatic nitrogens is 1. The Morgan fingerprint density at radius 2 is 1.84 bits per heavy atom. The molecule has 1 aliphatic heterocycles. The zero-order valence-electron chi connectivity index (χ0n) is 20.5. The fourth-order valence-electron chi connectivity index (χ4n) is 5.04. The van der Waals surface area contributed by atoms with Crippen molar-refractivity contribution in [2.24, 2.45) is 11.3 Å². The number of hydrogen-bond acceptors (Lipinski definition) is 7. The Balaban J connectivity index is 1.27. The number of nitrogens with zero attached hydrogens (tertiary/aromatic N) is 2. The van der Waals surface area contributed by atoms with E-state index >= 15 is 0 Å². The molecule has 2 heterocycles. The molecule has 0 unspecified atom stereocenters. The van der Waals surface area contributed by atoms with Crippen LogP contribution in [0.2, 0.25) is 0 Å². The number of pyridine rings is 1. The van der Waals surface area contributed by atoms with Gasteiger partial charge in [-0.05, 0) is 56.2 Å². The van der Waals surface area contributed by atoms with Crippen LogP contribution in [-0.4, -0.2) is 54.2 Å². The van der Waals surface area contributed by atoms with Crippen molar-refractivity contribution in [2.45, 2.75) is 37.7 Å². The largest absolute Gasteiger partial charge is 0.489 e. The highest BCUT2D eigenvalue weighted by atomic mass is 32.2. The van der Waals surface area contributed by atoms with Crippen molar-refractivity contribution in [1.82, 2.24) is 15.4 Å². The lowest BCUT2D eigenvalue weighted by molar-refractivity contribution is -0.160. The number of rotatable bonds is 8. The van der Waals surface area contributed by atoms with Gasteiger partial charge in [0.2, 0.25) is 5.91 Å². The minimum absolute atomic E-state index is 0.0333. The third-order valence-corrected chi connectivity index (χ3v) is 9.23. The summed E-state index contributed by atoms with van der Waals surface area (Å²) in [6, 6.07) is 15.8. The van der Waals surface area contributed by atoms with Gasteiger partial charge in [0, 0.05) is 35.7 Å². The number of hydroxylamine groups is 1. The van der Waals surface area contributed by atoms with Crippen LogP contribution in [0.4, 0.5) is 0 Å². The van der Waals surface area contributed by atoms with Gasteiger partial charge in [0.05, 0.1) is 16.2 Å². The maximum atomic E-state index is 13.2. The number of fused-ring (bicyclic) bond motifs is 1. The van der Waals surface area contributed by atoms with E-state index in [1.54, 1.807) is 17.6 Å². The van der Waals surface area contributed by atoms with Gasteiger partial charge in [-0.15, -0.1) is 0 Å². The molecule has 9 nitrogen and oxygen atoms in total. The maximum Gasteiger partial charge on any atom is 0.254 e. The maximum absolute atomic E-state index is 13.2. The van der Waals surface area contributed by atoms with E-state index in [4.69, 9.17) is 4.74 Å². The molecule has 194 valence electrons. The lowest BCUT2D eigenvalue weighted by Crippen LogP contribution is -2.67. The highest BCUT2D eigenvalue weighted by molar-refractivity contribution is 7.91. The number of ether oxygens (including phenoxy) is 1. The van der Waals surface area contributed by atoms with Gasteiger partial charge in [-0.3, -0.25) is 19.8 Å². The Morgan fingerprint density at radius 1 is 1.14 bits per heavy atom. The summed E-state index contributed by atoms with van der Waals surface area (Å²) in [5, 5.41) is 10.2. The molecule has 1 saturated heterocycles. The van der Waals surface area contributed by atoms with E-state index in [2.05, 4.69) is 4.98 Å². The van der Waals surface area contributed by atoms with Gasteiger partial charge in [0.25, 0.3) is 5.91 Å². The predicted molar refractivity (Wildman–Crippen MR) is 136 cm³/mol. The fraction of sp³-hybridized carbons (Fsp3) is 0.370. The first kappa shape index (κ1) is 25.2. The van der Waals surface area contributed by atoms with Gasteiger partial charge >= 0.3 is 0 Å². The number of hydrogen-bond donors (Lipinski definition) is 2. The summed E-state index contributed by atoms with van der Waals surface area (Å²) < 4.78 is 32.3. The molecule has 1 aliphatic carbocycles. The quantitative estimate of drug-likeness (QED) is 0.343. The number of amides is 2. The lowest BCUT2D eigenvalue weighted by Gasteiger charge is -2.49. The molecular formula is C27H29N3O6S. The van der Waals surface area contributed by atoms with Crippen LogP contribution in [0.3, 0.4) is 0 Å². The molecule has 2 amide bonds. The molecule has 0 atom stereocenters. The Labute approximate surface area is 215 Å². The first-order valence-electron chi connectivity index (χ1n) is 12.2. The topological polar surface area (TPSA) is 126 Å². The summed E-state index contributed by atoms with van der Waals surface area (Å²) in [5.74, 6) is -0.907. The van der Waals surface area contributed by atoms with Gasteiger partial charge in [0.15, 0.2) is 9.84 Å². The van der Waals surface area contributed by atoms with E-state index < -0.39 is 26.9 Å². The van der Waals surface area contributed by atoms with Crippen LogP contribution < -0.4 is 10.2 Å². The zero-order valence-corrected chi connectivity index (χ0v) is 21.3. The zero-order chi connectivity index (χ0) is 26.2. The van der Waals surface area contributed by atoms with Gasteiger partial charge in [0.1, 0.15) is 17.8 Å². The van der Waals surface area contributed by atoms with Crippen LogP contribution in [0.5, 0.6) is 5.75 Å². The van der Waals surface area contributed by atoms with Crippen molar-refractivity contribution in [3.8, 4) is 5.75 Å². The molecule has 10 heteroatoms. The van der Waals surface area contributed by atoms with Crippen LogP contribution in [0.25, 0.3) is 10.9 Å². The molecule has 1 aromatic heterocycles. The Kier molecular flexibility index (Phi) is 6.63. The number of likely N-dealkylation sites (tertiary alicyclic amines) is 1. The van der Waals surface area contributed by atoms with Gasteiger partial charge in [-0.2, -0.15) is 0 Å². The minimum atomic E-state index is -3.89. The lowest BCUT2D eigenvalue weighted by atomic mass is 9.77. The number of carbonyl (C=O) groups excluding carboxylic acids is 2. The summed E-state index contributed by atoms with van der Waals surface area (Å²) >= 11 is 0. The van der Waals surface area contributed by atoms with E-state index in [0.29, 0.717) is 12.4 Å². The summed E-state index contributed by atoms with van der Waals surface area (Å²) in [4.78, 5) is 31.0. The van der Waals surface area contributed by atoms with Crippen molar-refractivity contribution in [3.05, 3.63) is 65.9 Å². The van der Waals surface area contributed by atoms with Crippen LogP contribution in [0.1, 0.15) is 30.5 Å².